The molecule has 1 saturated heterocycles. The van der Waals surface area contributed by atoms with Gasteiger partial charge in [-0.05, 0) is 17.7 Å². The smallest absolute Gasteiger partial charge is 0.136 e. The molecule has 0 amide bonds. The highest BCUT2D eigenvalue weighted by Gasteiger charge is 2.19. The minimum absolute atomic E-state index is 0.206. The first-order valence-electron chi connectivity index (χ1n) is 5.69. The van der Waals surface area contributed by atoms with Gasteiger partial charge >= 0.3 is 0 Å². The van der Waals surface area contributed by atoms with Crippen LogP contribution in [0.5, 0.6) is 0 Å². The summed E-state index contributed by atoms with van der Waals surface area (Å²) in [5, 5.41) is 3.38. The maximum absolute atomic E-state index is 11.4. The van der Waals surface area contributed by atoms with Crippen molar-refractivity contribution in [1.82, 2.24) is 5.32 Å². The summed E-state index contributed by atoms with van der Waals surface area (Å²) in [4.78, 5) is 13.4. The number of hydrogen-bond acceptors (Lipinski definition) is 3. The lowest BCUT2D eigenvalue weighted by molar-refractivity contribution is -0.120. The van der Waals surface area contributed by atoms with Crippen LogP contribution in [0.3, 0.4) is 0 Å². The summed E-state index contributed by atoms with van der Waals surface area (Å²) in [7, 11) is 4.05. The Morgan fingerprint density at radius 3 is 2.50 bits per heavy atom. The average molecular weight is 218 g/mol. The quantitative estimate of drug-likeness (QED) is 0.820. The van der Waals surface area contributed by atoms with Gasteiger partial charge in [0.1, 0.15) is 5.78 Å². The van der Waals surface area contributed by atoms with Gasteiger partial charge in [-0.2, -0.15) is 0 Å². The molecule has 1 N–H and O–H groups in total. The number of nitrogens with zero attached hydrogens (tertiary/aromatic N) is 1. The first kappa shape index (κ1) is 11.1. The van der Waals surface area contributed by atoms with Crippen molar-refractivity contribution in [2.24, 2.45) is 0 Å². The van der Waals surface area contributed by atoms with Gasteiger partial charge in [-0.15, -0.1) is 0 Å². The van der Waals surface area contributed by atoms with E-state index in [0.717, 1.165) is 6.54 Å². The summed E-state index contributed by atoms with van der Waals surface area (Å²) >= 11 is 0. The molecule has 0 spiro atoms. The Balaban J connectivity index is 2.11. The molecule has 2 rings (SSSR count). The highest BCUT2D eigenvalue weighted by atomic mass is 16.1. The lowest BCUT2D eigenvalue weighted by Crippen LogP contribution is -2.31. The molecule has 0 aliphatic carbocycles. The number of nitrogens with one attached hydrogen (secondary N) is 1. The van der Waals surface area contributed by atoms with Crippen molar-refractivity contribution in [3.63, 3.8) is 0 Å². The van der Waals surface area contributed by atoms with Gasteiger partial charge in [0.15, 0.2) is 0 Å². The molecule has 3 nitrogen and oxygen atoms in total. The molecule has 1 unspecified atom stereocenters. The standard InChI is InChI=1S/C13H18N2O/c1-15(2)11-5-3-10(4-6-11)13-9-12(16)7-8-14-13/h3-6,13-14H,7-9H2,1-2H3. The van der Waals surface area contributed by atoms with E-state index in [0.29, 0.717) is 18.6 Å². The lowest BCUT2D eigenvalue weighted by Gasteiger charge is -2.23. The van der Waals surface area contributed by atoms with E-state index in [9.17, 15) is 4.79 Å². The number of rotatable bonds is 2. The highest BCUT2D eigenvalue weighted by molar-refractivity contribution is 5.80. The van der Waals surface area contributed by atoms with Crippen LogP contribution < -0.4 is 10.2 Å². The minimum atomic E-state index is 0.206. The Morgan fingerprint density at radius 1 is 1.25 bits per heavy atom. The molecule has 1 aromatic carbocycles. The molecule has 3 heteroatoms. The van der Waals surface area contributed by atoms with E-state index in [2.05, 4.69) is 34.5 Å². The summed E-state index contributed by atoms with van der Waals surface area (Å²) in [6.45, 7) is 0.804. The van der Waals surface area contributed by atoms with Crippen molar-refractivity contribution in [1.29, 1.82) is 0 Å². The zero-order valence-corrected chi connectivity index (χ0v) is 9.86. The molecule has 1 aliphatic rings. The Labute approximate surface area is 96.5 Å². The van der Waals surface area contributed by atoms with Gasteiger partial charge in [0.05, 0.1) is 0 Å². The summed E-state index contributed by atoms with van der Waals surface area (Å²) in [6.07, 6.45) is 1.30. The molecule has 1 fully saturated rings. The summed E-state index contributed by atoms with van der Waals surface area (Å²) < 4.78 is 0. The third kappa shape index (κ3) is 2.42. The fourth-order valence-corrected chi connectivity index (χ4v) is 2.03. The number of carbonyl (C=O) groups excluding carboxylic acids is 1. The van der Waals surface area contributed by atoms with Crippen molar-refractivity contribution in [3.8, 4) is 0 Å². The van der Waals surface area contributed by atoms with Crippen molar-refractivity contribution in [3.05, 3.63) is 29.8 Å². The molecular formula is C13H18N2O. The molecule has 1 aliphatic heterocycles. The summed E-state index contributed by atoms with van der Waals surface area (Å²) in [5.41, 5.74) is 2.39. The Bertz CT molecular complexity index is 370. The molecule has 0 saturated carbocycles. The molecule has 0 radical (unpaired) electrons. The van der Waals surface area contributed by atoms with E-state index in [1.54, 1.807) is 0 Å². The van der Waals surface area contributed by atoms with Crippen molar-refractivity contribution in [2.45, 2.75) is 18.9 Å². The van der Waals surface area contributed by atoms with E-state index < -0.39 is 0 Å². The Morgan fingerprint density at radius 2 is 1.94 bits per heavy atom. The zero-order chi connectivity index (χ0) is 11.5. The van der Waals surface area contributed by atoms with E-state index >= 15 is 0 Å². The van der Waals surface area contributed by atoms with Gasteiger partial charge < -0.3 is 10.2 Å². The predicted molar refractivity (Wildman–Crippen MR) is 65.8 cm³/mol. The Hall–Kier alpha value is -1.35. The summed E-state index contributed by atoms with van der Waals surface area (Å²) in [5.74, 6) is 0.362. The van der Waals surface area contributed by atoms with Gasteiger partial charge in [0.2, 0.25) is 0 Å². The Kier molecular flexibility index (Phi) is 3.25. The van der Waals surface area contributed by atoms with Crippen molar-refractivity contribution >= 4 is 11.5 Å². The predicted octanol–water partition coefficient (Wildman–Crippen LogP) is 1.75. The van der Waals surface area contributed by atoms with Gasteiger partial charge in [-0.3, -0.25) is 4.79 Å². The van der Waals surface area contributed by atoms with Crippen LogP contribution >= 0.6 is 0 Å². The van der Waals surface area contributed by atoms with Crippen molar-refractivity contribution < 1.29 is 4.79 Å². The molecule has 86 valence electrons. The number of anilines is 1. The van der Waals surface area contributed by atoms with Crippen LogP contribution in [0.4, 0.5) is 5.69 Å². The average Bonchev–Trinajstić information content (AvgIpc) is 2.29. The molecule has 1 atom stereocenters. The van der Waals surface area contributed by atoms with Gasteiger partial charge in [0.25, 0.3) is 0 Å². The molecule has 0 bridgehead atoms. The highest BCUT2D eigenvalue weighted by Crippen LogP contribution is 2.23. The summed E-state index contributed by atoms with van der Waals surface area (Å²) in [6, 6.07) is 8.60. The van der Waals surface area contributed by atoms with Crippen LogP contribution in [0.2, 0.25) is 0 Å². The number of piperidine rings is 1. The van der Waals surface area contributed by atoms with Crippen LogP contribution in [0, 0.1) is 0 Å². The molecular weight excluding hydrogens is 200 g/mol. The van der Waals surface area contributed by atoms with Gasteiger partial charge in [-0.1, -0.05) is 12.1 Å². The van der Waals surface area contributed by atoms with Crippen LogP contribution in [-0.4, -0.2) is 26.4 Å². The monoisotopic (exact) mass is 218 g/mol. The molecule has 16 heavy (non-hydrogen) atoms. The normalized spacial score (nSPS) is 20.9. The maximum Gasteiger partial charge on any atom is 0.136 e. The molecule has 0 aromatic heterocycles. The van der Waals surface area contributed by atoms with Crippen LogP contribution in [0.25, 0.3) is 0 Å². The number of carbonyl (C=O) groups is 1. The van der Waals surface area contributed by atoms with E-state index in [-0.39, 0.29) is 6.04 Å². The fourth-order valence-electron chi connectivity index (χ4n) is 2.03. The fraction of sp³-hybridized carbons (Fsp3) is 0.462. The minimum Gasteiger partial charge on any atom is -0.378 e. The van der Waals surface area contributed by atoms with Crippen LogP contribution in [-0.2, 0) is 4.79 Å². The number of ketones is 1. The van der Waals surface area contributed by atoms with E-state index in [1.165, 1.54) is 11.3 Å². The maximum atomic E-state index is 11.4. The first-order valence-corrected chi connectivity index (χ1v) is 5.69. The third-order valence-electron chi connectivity index (χ3n) is 3.04. The topological polar surface area (TPSA) is 32.3 Å². The zero-order valence-electron chi connectivity index (χ0n) is 9.86. The SMILES string of the molecule is CN(C)c1ccc(C2CC(=O)CCN2)cc1. The number of benzene rings is 1. The first-order chi connectivity index (χ1) is 7.66. The molecule has 1 aromatic rings. The number of Topliss-reactive ketones (excluding diaryl/α,β-unsaturated/α-hetero) is 1. The second-order valence-electron chi connectivity index (χ2n) is 4.49. The number of hydrogen-bond donors (Lipinski definition) is 1. The van der Waals surface area contributed by atoms with E-state index in [1.807, 2.05) is 14.1 Å². The van der Waals surface area contributed by atoms with E-state index in [4.69, 9.17) is 0 Å². The second-order valence-corrected chi connectivity index (χ2v) is 4.49. The van der Waals surface area contributed by atoms with Crippen molar-refractivity contribution in [2.75, 3.05) is 25.5 Å². The second kappa shape index (κ2) is 4.66. The lowest BCUT2D eigenvalue weighted by atomic mass is 9.96. The van der Waals surface area contributed by atoms with Gasteiger partial charge in [0, 0.05) is 45.2 Å². The van der Waals surface area contributed by atoms with Gasteiger partial charge in [-0.25, -0.2) is 0 Å². The van der Waals surface area contributed by atoms with Crippen LogP contribution in [0.15, 0.2) is 24.3 Å². The largest absolute Gasteiger partial charge is 0.378 e. The van der Waals surface area contributed by atoms with Crippen LogP contribution in [0.1, 0.15) is 24.4 Å². The third-order valence-corrected chi connectivity index (χ3v) is 3.04. The molecule has 1 heterocycles.